The van der Waals surface area contributed by atoms with E-state index in [9.17, 15) is 24.3 Å². The van der Waals surface area contributed by atoms with E-state index in [1.807, 2.05) is 40.7 Å². The second-order valence-electron chi connectivity index (χ2n) is 12.9. The number of fused-ring (bicyclic) bond motifs is 5. The summed E-state index contributed by atoms with van der Waals surface area (Å²) in [5.41, 5.74) is -3.04. The van der Waals surface area contributed by atoms with Gasteiger partial charge in [-0.25, -0.2) is 4.79 Å². The summed E-state index contributed by atoms with van der Waals surface area (Å²) in [6.07, 6.45) is 6.62. The Morgan fingerprint density at radius 1 is 1.12 bits per heavy atom. The number of hydrogen-bond donors (Lipinski definition) is 1. The van der Waals surface area contributed by atoms with Crippen LogP contribution in [-0.2, 0) is 39.2 Å². The van der Waals surface area contributed by atoms with Crippen molar-refractivity contribution >= 4 is 23.7 Å². The third kappa shape index (κ3) is 3.55. The van der Waals surface area contributed by atoms with Crippen molar-refractivity contribution in [3.05, 3.63) is 48.0 Å². The van der Waals surface area contributed by atoms with Crippen molar-refractivity contribution in [2.24, 2.45) is 33.5 Å². The molecule has 5 rings (SSSR count). The number of aliphatic hydroxyl groups is 1. The normalized spacial score (nSPS) is 41.5. The minimum absolute atomic E-state index is 0.0749. The van der Waals surface area contributed by atoms with Gasteiger partial charge in [-0.3, -0.25) is 14.4 Å². The Morgan fingerprint density at radius 3 is 2.42 bits per heavy atom. The van der Waals surface area contributed by atoms with Crippen LogP contribution in [0.25, 0.3) is 0 Å². The lowest BCUT2D eigenvalue weighted by Crippen LogP contribution is -2.72. The van der Waals surface area contributed by atoms with Crippen molar-refractivity contribution in [1.29, 1.82) is 0 Å². The van der Waals surface area contributed by atoms with Crippen LogP contribution in [0.5, 0.6) is 0 Å². The van der Waals surface area contributed by atoms with Crippen molar-refractivity contribution < 1.29 is 42.9 Å². The van der Waals surface area contributed by atoms with Gasteiger partial charge in [-0.05, 0) is 48.8 Å². The zero-order chi connectivity index (χ0) is 29.5. The predicted octanol–water partition coefficient (Wildman–Crippen LogP) is 4.39. The molecule has 4 aliphatic rings. The molecule has 1 aromatic heterocycles. The number of esters is 3. The van der Waals surface area contributed by atoms with E-state index in [1.54, 1.807) is 19.1 Å². The minimum Gasteiger partial charge on any atom is -0.472 e. The molecule has 9 heteroatoms. The van der Waals surface area contributed by atoms with Crippen LogP contribution < -0.4 is 0 Å². The van der Waals surface area contributed by atoms with Gasteiger partial charge in [-0.2, -0.15) is 0 Å². The molecule has 0 saturated heterocycles. The van der Waals surface area contributed by atoms with Gasteiger partial charge < -0.3 is 23.7 Å². The van der Waals surface area contributed by atoms with Crippen molar-refractivity contribution in [1.82, 2.24) is 0 Å². The van der Waals surface area contributed by atoms with Crippen molar-refractivity contribution in [2.45, 2.75) is 85.7 Å². The number of rotatable bonds is 4. The standard InChI is InChI=1S/C31H38O9/c1-8-22(34)39-26-24(38-17(2)32)25-27(3,4)21(33)10-12-28(25,5)19-9-13-29(6)20(30(19,26)7)15-23(35)40-31(29,36)18-11-14-37-16-18/h10-12,14-16,19,24-26,36H,8-9,13H2,1-7H3/t19-,24-,25+,26-,28-,29-,30-,31+/m1/s1. The molecule has 1 aliphatic heterocycles. The highest BCUT2D eigenvalue weighted by Gasteiger charge is 2.74. The smallest absolute Gasteiger partial charge is 0.333 e. The van der Waals surface area contributed by atoms with Crippen LogP contribution in [0.4, 0.5) is 0 Å². The Kier molecular flexibility index (Phi) is 6.30. The maximum absolute atomic E-state index is 13.3. The Hall–Kier alpha value is -3.20. The SMILES string of the molecule is CCC(=O)O[C@@H]1[C@H](OC(C)=O)[C@H]2C(C)(C)C(=O)C=C[C@]2(C)[C@H]2CC[C@]3(C)C(=CC(=O)O[C@@]3(O)c3ccoc3)[C@]12C. The fourth-order valence-corrected chi connectivity index (χ4v) is 8.72. The van der Waals surface area contributed by atoms with Crippen LogP contribution in [0.1, 0.15) is 73.3 Å². The number of cyclic esters (lactones) is 1. The van der Waals surface area contributed by atoms with Gasteiger partial charge in [-0.1, -0.05) is 40.7 Å². The molecular formula is C31H38O9. The molecule has 3 aliphatic carbocycles. The molecule has 0 unspecified atom stereocenters. The third-order valence-corrected chi connectivity index (χ3v) is 10.5. The van der Waals surface area contributed by atoms with Crippen molar-refractivity contribution in [3.63, 3.8) is 0 Å². The summed E-state index contributed by atoms with van der Waals surface area (Å²) >= 11 is 0. The van der Waals surface area contributed by atoms with Gasteiger partial charge in [0.05, 0.1) is 17.2 Å². The molecule has 40 heavy (non-hydrogen) atoms. The molecule has 0 spiro atoms. The molecule has 9 nitrogen and oxygen atoms in total. The molecule has 2 fully saturated rings. The van der Waals surface area contributed by atoms with Gasteiger partial charge in [0.1, 0.15) is 18.5 Å². The molecule has 0 bridgehead atoms. The highest BCUT2D eigenvalue weighted by atomic mass is 16.7. The maximum atomic E-state index is 13.3. The predicted molar refractivity (Wildman–Crippen MR) is 141 cm³/mol. The first-order chi connectivity index (χ1) is 18.6. The van der Waals surface area contributed by atoms with Gasteiger partial charge in [0.2, 0.25) is 0 Å². The molecule has 1 N–H and O–H groups in total. The van der Waals surface area contributed by atoms with Gasteiger partial charge in [0.15, 0.2) is 5.78 Å². The summed E-state index contributed by atoms with van der Waals surface area (Å²) in [6, 6.07) is 1.56. The number of carbonyl (C=O) groups excluding carboxylic acids is 4. The molecule has 216 valence electrons. The van der Waals surface area contributed by atoms with Crippen LogP contribution in [0.3, 0.4) is 0 Å². The highest BCUT2D eigenvalue weighted by molar-refractivity contribution is 5.96. The fraction of sp³-hybridized carbons (Fsp3) is 0.613. The van der Waals surface area contributed by atoms with E-state index in [-0.39, 0.29) is 18.1 Å². The van der Waals surface area contributed by atoms with Crippen LogP contribution in [0.15, 0.2) is 46.8 Å². The highest BCUT2D eigenvalue weighted by Crippen LogP contribution is 2.72. The van der Waals surface area contributed by atoms with Gasteiger partial charge >= 0.3 is 17.9 Å². The number of ether oxygens (including phenoxy) is 3. The van der Waals surface area contributed by atoms with E-state index in [2.05, 4.69) is 0 Å². The minimum atomic E-state index is -2.05. The summed E-state index contributed by atoms with van der Waals surface area (Å²) in [4.78, 5) is 52.1. The largest absolute Gasteiger partial charge is 0.472 e. The second-order valence-corrected chi connectivity index (χ2v) is 12.9. The molecule has 2 saturated carbocycles. The van der Waals surface area contributed by atoms with Gasteiger partial charge in [0.25, 0.3) is 5.79 Å². The summed E-state index contributed by atoms with van der Waals surface area (Å²) in [6.45, 7) is 12.4. The summed E-state index contributed by atoms with van der Waals surface area (Å²) in [5.74, 6) is -4.76. The van der Waals surface area contributed by atoms with E-state index >= 15 is 0 Å². The van der Waals surface area contributed by atoms with E-state index in [1.165, 1.54) is 25.5 Å². The van der Waals surface area contributed by atoms with Crippen LogP contribution in [-0.4, -0.2) is 41.0 Å². The van der Waals surface area contributed by atoms with E-state index in [0.29, 0.717) is 24.0 Å². The molecular weight excluding hydrogens is 516 g/mol. The van der Waals surface area contributed by atoms with Crippen molar-refractivity contribution in [3.8, 4) is 0 Å². The van der Waals surface area contributed by atoms with Gasteiger partial charge in [0, 0.05) is 36.2 Å². The number of allylic oxidation sites excluding steroid dienone is 2. The molecule has 0 amide bonds. The first-order valence-corrected chi connectivity index (χ1v) is 13.9. The summed E-state index contributed by atoms with van der Waals surface area (Å²) in [5, 5.41) is 12.1. The van der Waals surface area contributed by atoms with Crippen molar-refractivity contribution in [2.75, 3.05) is 0 Å². The number of carbonyl (C=O) groups is 4. The fourth-order valence-electron chi connectivity index (χ4n) is 8.72. The average Bonchev–Trinajstić information content (AvgIpc) is 3.41. The van der Waals surface area contributed by atoms with Crippen LogP contribution >= 0.6 is 0 Å². The zero-order valence-electron chi connectivity index (χ0n) is 24.1. The van der Waals surface area contributed by atoms with Crippen LogP contribution in [0.2, 0.25) is 0 Å². The second kappa shape index (κ2) is 8.90. The quantitative estimate of drug-likeness (QED) is 0.426. The molecule has 8 atom stereocenters. The first kappa shape index (κ1) is 28.3. The van der Waals surface area contributed by atoms with Crippen LogP contribution in [0, 0.1) is 33.5 Å². The summed E-state index contributed by atoms with van der Waals surface area (Å²) in [7, 11) is 0. The number of hydrogen-bond acceptors (Lipinski definition) is 9. The molecule has 0 aromatic carbocycles. The average molecular weight is 555 g/mol. The summed E-state index contributed by atoms with van der Waals surface area (Å²) < 4.78 is 23.1. The molecule has 1 aromatic rings. The number of ketones is 1. The van der Waals surface area contributed by atoms with Gasteiger partial charge in [-0.15, -0.1) is 0 Å². The monoisotopic (exact) mass is 554 g/mol. The topological polar surface area (TPSA) is 129 Å². The zero-order valence-corrected chi connectivity index (χ0v) is 24.1. The Bertz CT molecular complexity index is 1320. The number of furan rings is 1. The maximum Gasteiger partial charge on any atom is 0.333 e. The van der Waals surface area contributed by atoms with E-state index in [4.69, 9.17) is 18.6 Å². The Balaban J connectivity index is 1.81. The first-order valence-electron chi connectivity index (χ1n) is 13.9. The lowest BCUT2D eigenvalue weighted by molar-refractivity contribution is -0.288. The molecule has 2 heterocycles. The van der Waals surface area contributed by atoms with E-state index < -0.39 is 63.5 Å². The Labute approximate surface area is 233 Å². The molecule has 0 radical (unpaired) electrons. The lowest BCUT2D eigenvalue weighted by Gasteiger charge is -2.69. The lowest BCUT2D eigenvalue weighted by atomic mass is 9.37. The van der Waals surface area contributed by atoms with E-state index in [0.717, 1.165) is 0 Å². The Morgan fingerprint density at radius 2 is 1.82 bits per heavy atom. The third-order valence-electron chi connectivity index (χ3n) is 10.5.